The first-order chi connectivity index (χ1) is 10.6. The van der Waals surface area contributed by atoms with Crippen LogP contribution in [0.1, 0.15) is 18.1 Å². The van der Waals surface area contributed by atoms with Gasteiger partial charge >= 0.3 is 0 Å². The highest BCUT2D eigenvalue weighted by molar-refractivity contribution is 5.90. The van der Waals surface area contributed by atoms with E-state index in [1.807, 2.05) is 24.3 Å². The normalized spacial score (nSPS) is 16.5. The molecule has 0 spiro atoms. The Morgan fingerprint density at radius 2 is 1.91 bits per heavy atom. The van der Waals surface area contributed by atoms with E-state index in [2.05, 4.69) is 24.3 Å². The van der Waals surface area contributed by atoms with Gasteiger partial charge in [0, 0.05) is 25.6 Å². The number of carbonyl (C=O) groups is 1. The van der Waals surface area contributed by atoms with Gasteiger partial charge in [-0.1, -0.05) is 30.3 Å². The van der Waals surface area contributed by atoms with Crippen LogP contribution in [0.15, 0.2) is 48.5 Å². The summed E-state index contributed by atoms with van der Waals surface area (Å²) >= 11 is 0. The molecule has 2 aromatic rings. The van der Waals surface area contributed by atoms with Crippen LogP contribution in [-0.2, 0) is 17.6 Å². The lowest BCUT2D eigenvalue weighted by Gasteiger charge is -2.25. The van der Waals surface area contributed by atoms with Crippen molar-refractivity contribution in [3.63, 3.8) is 0 Å². The molecule has 1 aliphatic rings. The average molecular weight is 295 g/mol. The topological polar surface area (TPSA) is 29.5 Å². The summed E-state index contributed by atoms with van der Waals surface area (Å²) in [5, 5.41) is 0. The smallest absolute Gasteiger partial charge is 0.223 e. The van der Waals surface area contributed by atoms with Gasteiger partial charge in [0.25, 0.3) is 0 Å². The van der Waals surface area contributed by atoms with Gasteiger partial charge in [0.2, 0.25) is 5.91 Å². The fourth-order valence-corrected chi connectivity index (χ4v) is 2.89. The molecule has 3 heteroatoms. The lowest BCUT2D eigenvalue weighted by molar-refractivity contribution is -0.116. The van der Waals surface area contributed by atoms with Crippen LogP contribution in [-0.4, -0.2) is 19.6 Å². The summed E-state index contributed by atoms with van der Waals surface area (Å²) in [6.07, 6.45) is 2.06. The van der Waals surface area contributed by atoms with E-state index in [1.165, 1.54) is 11.1 Å². The minimum atomic E-state index is 0.0463. The molecule has 0 N–H and O–H groups in total. The molecule has 22 heavy (non-hydrogen) atoms. The van der Waals surface area contributed by atoms with Crippen molar-refractivity contribution in [2.45, 2.75) is 19.8 Å². The maximum atomic E-state index is 11.4. The van der Waals surface area contributed by atoms with E-state index in [-0.39, 0.29) is 5.91 Å². The van der Waals surface area contributed by atoms with E-state index >= 15 is 0 Å². The highest BCUT2D eigenvalue weighted by atomic mass is 16.5. The van der Waals surface area contributed by atoms with Gasteiger partial charge in [-0.15, -0.1) is 0 Å². The van der Waals surface area contributed by atoms with Gasteiger partial charge in [-0.2, -0.15) is 0 Å². The third kappa shape index (κ3) is 3.14. The molecule has 1 amide bonds. The fraction of sp³-hybridized carbons (Fsp3) is 0.316. The minimum Gasteiger partial charge on any atom is -0.493 e. The summed E-state index contributed by atoms with van der Waals surface area (Å²) in [7, 11) is 1.79. The second-order valence-corrected chi connectivity index (χ2v) is 5.94. The Morgan fingerprint density at radius 3 is 2.64 bits per heavy atom. The Bertz CT molecular complexity index is 663. The molecule has 1 atom stereocenters. The van der Waals surface area contributed by atoms with E-state index in [0.29, 0.717) is 5.92 Å². The summed E-state index contributed by atoms with van der Waals surface area (Å²) in [6.45, 7) is 2.34. The van der Waals surface area contributed by atoms with Crippen molar-refractivity contribution in [3.05, 3.63) is 59.7 Å². The molecule has 3 nitrogen and oxygen atoms in total. The van der Waals surface area contributed by atoms with E-state index in [0.717, 1.165) is 30.9 Å². The molecule has 1 heterocycles. The number of para-hydroxylation sites is 1. The van der Waals surface area contributed by atoms with E-state index < -0.39 is 0 Å². The zero-order chi connectivity index (χ0) is 15.5. The minimum absolute atomic E-state index is 0.0463. The zero-order valence-corrected chi connectivity index (χ0v) is 13.1. The molecule has 2 aromatic carbocycles. The van der Waals surface area contributed by atoms with Crippen LogP contribution in [0.2, 0.25) is 0 Å². The van der Waals surface area contributed by atoms with Gasteiger partial charge in [0.15, 0.2) is 0 Å². The molecule has 0 aliphatic carbocycles. The predicted octanol–water partition coefficient (Wildman–Crippen LogP) is 3.46. The summed E-state index contributed by atoms with van der Waals surface area (Å²) in [5.41, 5.74) is 3.52. The van der Waals surface area contributed by atoms with Crippen molar-refractivity contribution in [3.8, 4) is 5.75 Å². The van der Waals surface area contributed by atoms with E-state index in [9.17, 15) is 4.79 Å². The Morgan fingerprint density at radius 1 is 1.18 bits per heavy atom. The second kappa shape index (κ2) is 6.22. The monoisotopic (exact) mass is 295 g/mol. The number of rotatable bonds is 3. The summed E-state index contributed by atoms with van der Waals surface area (Å²) in [6, 6.07) is 16.5. The fourth-order valence-electron chi connectivity index (χ4n) is 2.89. The standard InChI is InChI=1S/C19H21NO2/c1-14(21)20(2)18-9-7-15(8-10-18)11-16-12-17-5-3-4-6-19(17)22-13-16/h3-10,16H,11-13H2,1-2H3/t16-/m0/s1. The third-order valence-electron chi connectivity index (χ3n) is 4.28. The maximum Gasteiger partial charge on any atom is 0.223 e. The highest BCUT2D eigenvalue weighted by Gasteiger charge is 2.19. The average Bonchev–Trinajstić information content (AvgIpc) is 2.55. The van der Waals surface area contributed by atoms with Crippen molar-refractivity contribution in [1.82, 2.24) is 0 Å². The molecule has 0 saturated heterocycles. The number of fused-ring (bicyclic) bond motifs is 1. The summed E-state index contributed by atoms with van der Waals surface area (Å²) in [5.74, 6) is 1.58. The maximum absolute atomic E-state index is 11.4. The van der Waals surface area contributed by atoms with Crippen LogP contribution in [0.3, 0.4) is 0 Å². The van der Waals surface area contributed by atoms with Crippen molar-refractivity contribution >= 4 is 11.6 Å². The van der Waals surface area contributed by atoms with E-state index in [1.54, 1.807) is 18.9 Å². The van der Waals surface area contributed by atoms with Crippen LogP contribution in [0.5, 0.6) is 5.75 Å². The van der Waals surface area contributed by atoms with Gasteiger partial charge in [0.1, 0.15) is 5.75 Å². The number of carbonyl (C=O) groups excluding carboxylic acids is 1. The molecule has 0 saturated carbocycles. The summed E-state index contributed by atoms with van der Waals surface area (Å²) < 4.78 is 5.85. The molecule has 0 fully saturated rings. The molecular weight excluding hydrogens is 274 g/mol. The molecule has 0 bridgehead atoms. The predicted molar refractivity (Wildman–Crippen MR) is 88.4 cm³/mol. The molecule has 3 rings (SSSR count). The Balaban J connectivity index is 1.66. The third-order valence-corrected chi connectivity index (χ3v) is 4.28. The van der Waals surface area contributed by atoms with Gasteiger partial charge in [0.05, 0.1) is 6.61 Å². The van der Waals surface area contributed by atoms with Crippen molar-refractivity contribution in [1.29, 1.82) is 0 Å². The van der Waals surface area contributed by atoms with Crippen LogP contribution >= 0.6 is 0 Å². The van der Waals surface area contributed by atoms with Gasteiger partial charge in [-0.25, -0.2) is 0 Å². The summed E-state index contributed by atoms with van der Waals surface area (Å²) in [4.78, 5) is 13.0. The molecule has 0 aromatic heterocycles. The number of benzene rings is 2. The molecule has 0 unspecified atom stereocenters. The van der Waals surface area contributed by atoms with Crippen molar-refractivity contribution in [2.24, 2.45) is 5.92 Å². The Labute approximate surface area is 131 Å². The van der Waals surface area contributed by atoms with Crippen LogP contribution in [0.4, 0.5) is 5.69 Å². The van der Waals surface area contributed by atoms with Crippen LogP contribution < -0.4 is 9.64 Å². The lowest BCUT2D eigenvalue weighted by Crippen LogP contribution is -2.23. The number of ether oxygens (including phenoxy) is 1. The molecule has 114 valence electrons. The van der Waals surface area contributed by atoms with Crippen molar-refractivity contribution < 1.29 is 9.53 Å². The van der Waals surface area contributed by atoms with Crippen LogP contribution in [0.25, 0.3) is 0 Å². The SMILES string of the molecule is CC(=O)N(C)c1ccc(C[C@@H]2COc3ccccc3C2)cc1. The second-order valence-electron chi connectivity index (χ2n) is 5.94. The Hall–Kier alpha value is -2.29. The van der Waals surface area contributed by atoms with Crippen molar-refractivity contribution in [2.75, 3.05) is 18.6 Å². The first kappa shape index (κ1) is 14.6. The number of amides is 1. The molecule has 1 aliphatic heterocycles. The first-order valence-corrected chi connectivity index (χ1v) is 7.67. The van der Waals surface area contributed by atoms with Gasteiger partial charge in [-0.3, -0.25) is 4.79 Å². The number of nitrogens with zero attached hydrogens (tertiary/aromatic N) is 1. The lowest BCUT2D eigenvalue weighted by atomic mass is 9.91. The Kier molecular flexibility index (Phi) is 4.14. The van der Waals surface area contributed by atoms with Gasteiger partial charge in [-0.05, 0) is 42.2 Å². The molecule has 0 radical (unpaired) electrons. The number of hydrogen-bond acceptors (Lipinski definition) is 2. The molecular formula is C19H21NO2. The van der Waals surface area contributed by atoms with Crippen LogP contribution in [0, 0.1) is 5.92 Å². The van der Waals surface area contributed by atoms with Gasteiger partial charge < -0.3 is 9.64 Å². The number of hydrogen-bond donors (Lipinski definition) is 0. The number of anilines is 1. The zero-order valence-electron chi connectivity index (χ0n) is 13.1. The highest BCUT2D eigenvalue weighted by Crippen LogP contribution is 2.28. The van der Waals surface area contributed by atoms with E-state index in [4.69, 9.17) is 4.74 Å². The largest absolute Gasteiger partial charge is 0.493 e. The quantitative estimate of drug-likeness (QED) is 0.868. The first-order valence-electron chi connectivity index (χ1n) is 7.67.